The Labute approximate surface area is 174 Å². The number of ether oxygens (including phenoxy) is 1. The van der Waals surface area contributed by atoms with Crippen LogP contribution in [-0.2, 0) is 17.7 Å². The molecule has 3 aromatic heterocycles. The molecule has 3 N–H and O–H groups in total. The highest BCUT2D eigenvalue weighted by atomic mass is 16.5. The van der Waals surface area contributed by atoms with Crippen LogP contribution in [0.5, 0.6) is 0 Å². The van der Waals surface area contributed by atoms with Crippen LogP contribution >= 0.6 is 0 Å². The van der Waals surface area contributed by atoms with Gasteiger partial charge in [0.25, 0.3) is 0 Å². The quantitative estimate of drug-likeness (QED) is 0.474. The molecule has 30 heavy (non-hydrogen) atoms. The maximum absolute atomic E-state index is 11.4. The molecule has 10 heteroatoms. The monoisotopic (exact) mass is 412 g/mol. The van der Waals surface area contributed by atoms with Crippen LogP contribution in [0.3, 0.4) is 0 Å². The predicted molar refractivity (Wildman–Crippen MR) is 117 cm³/mol. The van der Waals surface area contributed by atoms with Crippen molar-refractivity contribution >= 4 is 28.5 Å². The van der Waals surface area contributed by atoms with Gasteiger partial charge in [0.05, 0.1) is 24.5 Å². The summed E-state index contributed by atoms with van der Waals surface area (Å²) in [5.74, 6) is 1.36. The van der Waals surface area contributed by atoms with Gasteiger partial charge in [-0.3, -0.25) is 9.48 Å². The fourth-order valence-electron chi connectivity index (χ4n) is 3.55. The van der Waals surface area contributed by atoms with Crippen LogP contribution in [0.4, 0.5) is 17.5 Å². The summed E-state index contributed by atoms with van der Waals surface area (Å²) in [4.78, 5) is 26.1. The highest BCUT2D eigenvalue weighted by Crippen LogP contribution is 2.29. The molecule has 0 aromatic carbocycles. The smallest absolute Gasteiger partial charge is 0.248 e. The Kier molecular flexibility index (Phi) is 6.24. The third-order valence-electron chi connectivity index (χ3n) is 5.08. The van der Waals surface area contributed by atoms with Crippen LogP contribution in [0, 0.1) is 0 Å². The maximum atomic E-state index is 11.4. The second kappa shape index (κ2) is 9.23. The van der Waals surface area contributed by atoms with Gasteiger partial charge in [-0.2, -0.15) is 10.1 Å². The van der Waals surface area contributed by atoms with Crippen LogP contribution in [-0.4, -0.2) is 64.1 Å². The van der Waals surface area contributed by atoms with E-state index in [0.29, 0.717) is 31.5 Å². The molecule has 0 atom stereocenters. The van der Waals surface area contributed by atoms with E-state index in [0.717, 1.165) is 55.0 Å². The number of pyridine rings is 1. The van der Waals surface area contributed by atoms with Crippen LogP contribution in [0.15, 0.2) is 23.1 Å². The molecule has 0 bridgehead atoms. The van der Waals surface area contributed by atoms with E-state index in [4.69, 9.17) is 19.8 Å². The Morgan fingerprint density at radius 2 is 2.03 bits per heavy atom. The molecule has 0 unspecified atom stereocenters. The molecule has 0 radical (unpaired) electrons. The van der Waals surface area contributed by atoms with Gasteiger partial charge in [-0.1, -0.05) is 6.92 Å². The fourth-order valence-corrected chi connectivity index (χ4v) is 3.55. The first-order valence-electron chi connectivity index (χ1n) is 10.5. The molecule has 1 aliphatic heterocycles. The van der Waals surface area contributed by atoms with E-state index in [1.54, 1.807) is 12.3 Å². The SMILES string of the molecule is CCOCCn1nc(CC)c2nc(N3CCNCC3)nc(Nc3ccc(=O)[nH]c3)c21. The van der Waals surface area contributed by atoms with Crippen LogP contribution < -0.4 is 21.1 Å². The Morgan fingerprint density at radius 3 is 2.73 bits per heavy atom. The first kappa shape index (κ1) is 20.3. The van der Waals surface area contributed by atoms with Crippen molar-refractivity contribution in [2.24, 2.45) is 0 Å². The Balaban J connectivity index is 1.81. The van der Waals surface area contributed by atoms with Crippen molar-refractivity contribution in [1.29, 1.82) is 0 Å². The molecular formula is C20H28N8O2. The highest BCUT2D eigenvalue weighted by molar-refractivity contribution is 5.90. The number of anilines is 3. The molecule has 1 fully saturated rings. The van der Waals surface area contributed by atoms with Gasteiger partial charge in [-0.25, -0.2) is 4.98 Å². The van der Waals surface area contributed by atoms with E-state index >= 15 is 0 Å². The van der Waals surface area contributed by atoms with Crippen LogP contribution in [0.1, 0.15) is 19.5 Å². The molecule has 0 amide bonds. The number of H-pyrrole nitrogens is 1. The lowest BCUT2D eigenvalue weighted by Crippen LogP contribution is -2.44. The van der Waals surface area contributed by atoms with Crippen molar-refractivity contribution in [3.63, 3.8) is 0 Å². The average Bonchev–Trinajstić information content (AvgIpc) is 3.14. The highest BCUT2D eigenvalue weighted by Gasteiger charge is 2.21. The maximum Gasteiger partial charge on any atom is 0.248 e. The number of rotatable bonds is 8. The molecule has 0 saturated carbocycles. The standard InChI is InChI=1S/C20H28N8O2/c1-3-15-17-18(28(26-15)11-12-30-4-2)19(23-14-5-6-16(29)22-13-14)25-20(24-17)27-9-7-21-8-10-27/h5-6,13,21H,3-4,7-12H2,1-2H3,(H,22,29)(H,23,24,25). The summed E-state index contributed by atoms with van der Waals surface area (Å²) in [5, 5.41) is 11.5. The molecule has 1 saturated heterocycles. The molecular weight excluding hydrogens is 384 g/mol. The van der Waals surface area contributed by atoms with Gasteiger partial charge in [0.15, 0.2) is 5.82 Å². The lowest BCUT2D eigenvalue weighted by atomic mass is 10.2. The molecule has 3 aromatic rings. The summed E-state index contributed by atoms with van der Waals surface area (Å²) in [7, 11) is 0. The van der Waals surface area contributed by atoms with Crippen LogP contribution in [0.2, 0.25) is 0 Å². The minimum absolute atomic E-state index is 0.148. The molecule has 4 heterocycles. The average molecular weight is 412 g/mol. The topological polar surface area (TPSA) is 113 Å². The molecule has 4 rings (SSSR count). The number of nitrogens with zero attached hydrogens (tertiary/aromatic N) is 5. The Hall–Kier alpha value is -2.98. The zero-order valence-electron chi connectivity index (χ0n) is 17.4. The summed E-state index contributed by atoms with van der Waals surface area (Å²) in [6.45, 7) is 9.39. The molecule has 160 valence electrons. The lowest BCUT2D eigenvalue weighted by Gasteiger charge is -2.27. The van der Waals surface area contributed by atoms with Gasteiger partial charge in [-0.05, 0) is 19.4 Å². The summed E-state index contributed by atoms with van der Waals surface area (Å²) >= 11 is 0. The third-order valence-corrected chi connectivity index (χ3v) is 5.08. The number of hydrogen-bond acceptors (Lipinski definition) is 8. The van der Waals surface area contributed by atoms with Gasteiger partial charge in [-0.15, -0.1) is 0 Å². The number of piperazine rings is 1. The van der Waals surface area contributed by atoms with Gasteiger partial charge in [0.1, 0.15) is 11.0 Å². The van der Waals surface area contributed by atoms with Crippen molar-refractivity contribution in [1.82, 2.24) is 30.0 Å². The van der Waals surface area contributed by atoms with Crippen molar-refractivity contribution in [2.75, 3.05) is 49.6 Å². The van der Waals surface area contributed by atoms with Crippen molar-refractivity contribution in [3.05, 3.63) is 34.4 Å². The largest absolute Gasteiger partial charge is 0.380 e. The normalized spacial score (nSPS) is 14.4. The summed E-state index contributed by atoms with van der Waals surface area (Å²) < 4.78 is 7.46. The molecule has 0 aliphatic carbocycles. The lowest BCUT2D eigenvalue weighted by molar-refractivity contribution is 0.137. The number of hydrogen-bond donors (Lipinski definition) is 3. The number of nitrogens with one attached hydrogen (secondary N) is 3. The van der Waals surface area contributed by atoms with Gasteiger partial charge in [0.2, 0.25) is 11.5 Å². The van der Waals surface area contributed by atoms with E-state index in [1.165, 1.54) is 6.07 Å². The molecule has 0 spiro atoms. The van der Waals surface area contributed by atoms with E-state index in [9.17, 15) is 4.79 Å². The van der Waals surface area contributed by atoms with Crippen LogP contribution in [0.25, 0.3) is 11.0 Å². The van der Waals surface area contributed by atoms with E-state index in [-0.39, 0.29) is 5.56 Å². The Morgan fingerprint density at radius 1 is 1.20 bits per heavy atom. The van der Waals surface area contributed by atoms with E-state index in [1.807, 2.05) is 11.6 Å². The summed E-state index contributed by atoms with van der Waals surface area (Å²) in [5.41, 5.74) is 3.23. The zero-order valence-corrected chi connectivity index (χ0v) is 17.4. The fraction of sp³-hybridized carbons (Fsp3) is 0.500. The number of aromatic amines is 1. The zero-order chi connectivity index (χ0) is 20.9. The number of aromatic nitrogens is 5. The molecule has 1 aliphatic rings. The molecule has 10 nitrogen and oxygen atoms in total. The predicted octanol–water partition coefficient (Wildman–Crippen LogP) is 1.27. The van der Waals surface area contributed by atoms with E-state index < -0.39 is 0 Å². The minimum Gasteiger partial charge on any atom is -0.380 e. The second-order valence-electron chi connectivity index (χ2n) is 7.09. The van der Waals surface area contributed by atoms with Crippen molar-refractivity contribution in [2.45, 2.75) is 26.8 Å². The van der Waals surface area contributed by atoms with E-state index in [2.05, 4.69) is 27.4 Å². The summed E-state index contributed by atoms with van der Waals surface area (Å²) in [6.07, 6.45) is 2.41. The van der Waals surface area contributed by atoms with Gasteiger partial charge < -0.3 is 25.3 Å². The first-order valence-corrected chi connectivity index (χ1v) is 10.5. The number of fused-ring (bicyclic) bond motifs is 1. The van der Waals surface area contributed by atoms with Crippen molar-refractivity contribution < 1.29 is 4.74 Å². The summed E-state index contributed by atoms with van der Waals surface area (Å²) in [6, 6.07) is 3.22. The minimum atomic E-state index is -0.148. The number of aryl methyl sites for hydroxylation is 1. The van der Waals surface area contributed by atoms with Crippen molar-refractivity contribution in [3.8, 4) is 0 Å². The third kappa shape index (κ3) is 4.29. The second-order valence-corrected chi connectivity index (χ2v) is 7.09. The Bertz CT molecular complexity index is 1030. The first-order chi connectivity index (χ1) is 14.7. The van der Waals surface area contributed by atoms with Gasteiger partial charge in [0, 0.05) is 45.0 Å². The van der Waals surface area contributed by atoms with Gasteiger partial charge >= 0.3 is 0 Å².